The molecule has 5 aromatic rings. The van der Waals surface area contributed by atoms with Crippen LogP contribution in [0.2, 0.25) is 5.82 Å². The predicted molar refractivity (Wildman–Crippen MR) is 179 cm³/mol. The topological polar surface area (TPSA) is 17.8 Å². The Morgan fingerprint density at radius 1 is 0.780 bits per heavy atom. The highest BCUT2D eigenvalue weighted by atomic mass is 28.2. The van der Waals surface area contributed by atoms with Crippen molar-refractivity contribution in [2.45, 2.75) is 50.0 Å². The first-order valence-corrected chi connectivity index (χ1v) is 16.7. The first kappa shape index (κ1) is 28.6. The molecule has 0 saturated heterocycles. The van der Waals surface area contributed by atoms with Gasteiger partial charge in [-0.1, -0.05) is 177 Å². The standard InChI is InChI=1S/C22H26N2Si.C15H15B/c1-2-3-4-11-18-25-22(24-17-16-23-19-24,20-12-7-5-8-13-20)21-14-9-6-10-15-21;1-3-7-13(8-4-1)16(15-11-12-15)14-9-5-2-6-10-14/h5-19H,2-4,25H2,1H3;1-10,15H,11-12H2. The fourth-order valence-electron chi connectivity index (χ4n) is 5.90. The maximum Gasteiger partial charge on any atom is 0.212 e. The number of benzene rings is 4. The van der Waals surface area contributed by atoms with Gasteiger partial charge in [0.1, 0.15) is 0 Å². The van der Waals surface area contributed by atoms with Gasteiger partial charge in [-0.3, -0.25) is 0 Å². The molecule has 1 aliphatic carbocycles. The summed E-state index contributed by atoms with van der Waals surface area (Å²) < 4.78 is 2.30. The maximum absolute atomic E-state index is 4.36. The van der Waals surface area contributed by atoms with Gasteiger partial charge in [-0.2, -0.15) is 0 Å². The van der Waals surface area contributed by atoms with Crippen LogP contribution in [0.3, 0.4) is 0 Å². The van der Waals surface area contributed by atoms with E-state index in [4.69, 9.17) is 0 Å². The van der Waals surface area contributed by atoms with Crippen LogP contribution in [0.5, 0.6) is 0 Å². The molecule has 1 fully saturated rings. The Balaban J connectivity index is 0.000000181. The van der Waals surface area contributed by atoms with Crippen molar-refractivity contribution in [1.82, 2.24) is 9.55 Å². The number of imidazole rings is 1. The summed E-state index contributed by atoms with van der Waals surface area (Å²) in [4.78, 5) is 4.36. The molecule has 0 bridgehead atoms. The first-order chi connectivity index (χ1) is 20.3. The molecule has 206 valence electrons. The molecule has 41 heavy (non-hydrogen) atoms. The monoisotopic (exact) mass is 552 g/mol. The average molecular weight is 553 g/mol. The van der Waals surface area contributed by atoms with E-state index >= 15 is 0 Å². The second-order valence-electron chi connectivity index (χ2n) is 11.0. The highest BCUT2D eigenvalue weighted by Gasteiger charge is 2.36. The van der Waals surface area contributed by atoms with E-state index < -0.39 is 9.52 Å². The Morgan fingerprint density at radius 3 is 1.73 bits per heavy atom. The molecule has 1 heterocycles. The van der Waals surface area contributed by atoms with Crippen LogP contribution in [0.15, 0.2) is 152 Å². The molecule has 0 N–H and O–H groups in total. The summed E-state index contributed by atoms with van der Waals surface area (Å²) in [5.41, 5.74) is 8.08. The van der Waals surface area contributed by atoms with Gasteiger partial charge in [0, 0.05) is 12.4 Å². The molecule has 1 aliphatic rings. The fraction of sp³-hybridized carbons (Fsp3) is 0.216. The minimum atomic E-state index is -0.633. The fourth-order valence-corrected chi connectivity index (χ4v) is 7.98. The van der Waals surface area contributed by atoms with Gasteiger partial charge < -0.3 is 4.57 Å². The molecule has 4 aromatic carbocycles. The van der Waals surface area contributed by atoms with Gasteiger partial charge in [-0.05, 0) is 17.5 Å². The van der Waals surface area contributed by atoms with Gasteiger partial charge in [0.05, 0.1) is 21.0 Å². The van der Waals surface area contributed by atoms with Crippen LogP contribution in [0.1, 0.15) is 50.2 Å². The number of aromatic nitrogens is 2. The summed E-state index contributed by atoms with van der Waals surface area (Å²) in [5, 5.41) is -0.137. The van der Waals surface area contributed by atoms with Crippen molar-refractivity contribution in [3.05, 3.63) is 163 Å². The van der Waals surface area contributed by atoms with E-state index in [2.05, 4.69) is 156 Å². The number of unbranched alkanes of at least 4 members (excludes halogenated alkanes) is 2. The minimum Gasteiger partial charge on any atom is -0.326 e. The van der Waals surface area contributed by atoms with Crippen molar-refractivity contribution in [2.75, 3.05) is 0 Å². The molecule has 6 rings (SSSR count). The highest BCUT2D eigenvalue weighted by molar-refractivity contribution is 6.86. The van der Waals surface area contributed by atoms with Crippen molar-refractivity contribution in [2.24, 2.45) is 0 Å². The van der Waals surface area contributed by atoms with Gasteiger partial charge in [-0.25, -0.2) is 4.98 Å². The van der Waals surface area contributed by atoms with Crippen LogP contribution >= 0.6 is 0 Å². The number of hydrogen-bond acceptors (Lipinski definition) is 1. The zero-order chi connectivity index (χ0) is 28.2. The van der Waals surface area contributed by atoms with Crippen molar-refractivity contribution in [3.63, 3.8) is 0 Å². The van der Waals surface area contributed by atoms with E-state index in [1.807, 2.05) is 12.5 Å². The van der Waals surface area contributed by atoms with Crippen molar-refractivity contribution in [1.29, 1.82) is 0 Å². The Hall–Kier alpha value is -3.89. The van der Waals surface area contributed by atoms with E-state index in [0.29, 0.717) is 6.71 Å². The van der Waals surface area contributed by atoms with Gasteiger partial charge in [-0.15, -0.1) is 5.70 Å². The zero-order valence-electron chi connectivity index (χ0n) is 24.2. The second-order valence-corrected chi connectivity index (χ2v) is 12.9. The summed E-state index contributed by atoms with van der Waals surface area (Å²) in [5.74, 6) is 0.866. The Labute approximate surface area is 249 Å². The van der Waals surface area contributed by atoms with Gasteiger partial charge >= 0.3 is 0 Å². The van der Waals surface area contributed by atoms with Gasteiger partial charge in [0.25, 0.3) is 0 Å². The number of nitrogens with zero attached hydrogens (tertiary/aromatic N) is 2. The number of rotatable bonds is 11. The molecule has 0 spiro atoms. The lowest BCUT2D eigenvalue weighted by Gasteiger charge is -2.36. The first-order valence-electron chi connectivity index (χ1n) is 15.2. The quantitative estimate of drug-likeness (QED) is 0.128. The summed E-state index contributed by atoms with van der Waals surface area (Å²) in [6.45, 7) is 2.86. The molecule has 0 amide bonds. The van der Waals surface area contributed by atoms with E-state index in [0.717, 1.165) is 5.82 Å². The van der Waals surface area contributed by atoms with Gasteiger partial charge in [0.2, 0.25) is 6.71 Å². The molecule has 1 saturated carbocycles. The third-order valence-corrected chi connectivity index (χ3v) is 10.5. The van der Waals surface area contributed by atoms with Crippen LogP contribution in [0.25, 0.3) is 0 Å². The second kappa shape index (κ2) is 14.7. The van der Waals surface area contributed by atoms with Crippen molar-refractivity contribution < 1.29 is 0 Å². The molecule has 4 heteroatoms. The van der Waals surface area contributed by atoms with E-state index in [9.17, 15) is 0 Å². The summed E-state index contributed by atoms with van der Waals surface area (Å²) in [6.07, 6.45) is 14.8. The molecular weight excluding hydrogens is 511 g/mol. The largest absolute Gasteiger partial charge is 0.326 e. The SMILES string of the molecule is CCCCC=C[SiH2]C(c1ccccc1)(c1ccccc1)n1ccnc1.c1ccc(B(c2ccccc2)C2CC2)cc1. The molecule has 1 aromatic heterocycles. The van der Waals surface area contributed by atoms with Crippen molar-refractivity contribution >= 4 is 27.2 Å². The van der Waals surface area contributed by atoms with E-state index in [1.165, 1.54) is 54.2 Å². The average Bonchev–Trinajstić information content (AvgIpc) is 3.72. The molecular formula is C37H41BN2Si. The van der Waals surface area contributed by atoms with Crippen LogP contribution in [0.4, 0.5) is 0 Å². The lowest BCUT2D eigenvalue weighted by atomic mass is 9.37. The number of allylic oxidation sites excluding steroid dienone is 1. The van der Waals surface area contributed by atoms with Crippen LogP contribution in [0, 0.1) is 0 Å². The molecule has 2 nitrogen and oxygen atoms in total. The van der Waals surface area contributed by atoms with E-state index in [-0.39, 0.29) is 5.16 Å². The Morgan fingerprint density at radius 2 is 1.29 bits per heavy atom. The van der Waals surface area contributed by atoms with Crippen LogP contribution < -0.4 is 10.9 Å². The van der Waals surface area contributed by atoms with E-state index in [1.54, 1.807) is 0 Å². The van der Waals surface area contributed by atoms with Crippen LogP contribution in [-0.4, -0.2) is 25.8 Å². The normalized spacial score (nSPS) is 13.3. The molecule has 0 unspecified atom stereocenters. The smallest absolute Gasteiger partial charge is 0.212 e. The zero-order valence-corrected chi connectivity index (χ0v) is 25.6. The Bertz CT molecular complexity index is 1360. The summed E-state index contributed by atoms with van der Waals surface area (Å²) in [6, 6.07) is 43.5. The molecule has 0 aliphatic heterocycles. The third-order valence-electron chi connectivity index (χ3n) is 8.16. The maximum atomic E-state index is 4.36. The molecule has 0 radical (unpaired) electrons. The predicted octanol–water partition coefficient (Wildman–Crippen LogP) is 6.96. The lowest BCUT2D eigenvalue weighted by molar-refractivity contribution is 0.596. The summed E-state index contributed by atoms with van der Waals surface area (Å²) >= 11 is 0. The minimum absolute atomic E-state index is 0.137. The Kier molecular flexibility index (Phi) is 10.2. The van der Waals surface area contributed by atoms with Crippen molar-refractivity contribution in [3.8, 4) is 0 Å². The van der Waals surface area contributed by atoms with Crippen LogP contribution in [-0.2, 0) is 5.16 Å². The lowest BCUT2D eigenvalue weighted by Crippen LogP contribution is -2.42. The van der Waals surface area contributed by atoms with Gasteiger partial charge in [0.15, 0.2) is 0 Å². The molecule has 0 atom stereocenters. The third kappa shape index (κ3) is 7.25. The number of hydrogen-bond donors (Lipinski definition) is 0. The highest BCUT2D eigenvalue weighted by Crippen LogP contribution is 2.38. The summed E-state index contributed by atoms with van der Waals surface area (Å²) in [7, 11) is -0.633.